The van der Waals surface area contributed by atoms with Crippen molar-refractivity contribution in [2.75, 3.05) is 0 Å². The maximum atomic E-state index is 9.89. The number of benzene rings is 5. The van der Waals surface area contributed by atoms with Crippen LogP contribution in [0.3, 0.4) is 0 Å². The van der Waals surface area contributed by atoms with Crippen LogP contribution in [-0.2, 0) is 0 Å². The van der Waals surface area contributed by atoms with E-state index in [1.165, 1.54) is 38.2 Å². The van der Waals surface area contributed by atoms with Crippen LogP contribution in [0, 0.1) is 0 Å². The molecule has 0 bridgehead atoms. The normalized spacial score (nSPS) is 11.1. The highest BCUT2D eigenvalue weighted by Crippen LogP contribution is 2.43. The van der Waals surface area contributed by atoms with Crippen molar-refractivity contribution in [3.8, 4) is 22.3 Å². The van der Waals surface area contributed by atoms with Crippen molar-refractivity contribution in [2.24, 2.45) is 5.64 Å². The number of hydrogen-bond acceptors (Lipinski definition) is 2. The van der Waals surface area contributed by atoms with Crippen molar-refractivity contribution >= 4 is 34.1 Å². The van der Waals surface area contributed by atoms with E-state index in [9.17, 15) is 5.02 Å². The molecule has 2 nitrogen and oxygen atoms in total. The molecule has 0 aromatic heterocycles. The molecule has 0 aliphatic carbocycles. The molecule has 5 aromatic carbocycles. The van der Waals surface area contributed by atoms with Crippen LogP contribution in [0.15, 0.2) is 103 Å². The molecule has 0 saturated carbocycles. The van der Waals surface area contributed by atoms with Gasteiger partial charge in [0, 0.05) is 0 Å². The first-order valence-electron chi connectivity index (χ1n) is 9.77. The second-order valence-corrected chi connectivity index (χ2v) is 7.28. The van der Waals surface area contributed by atoms with Crippen molar-refractivity contribution in [3.05, 3.63) is 103 Å². The number of hydrogen-bond donors (Lipinski definition) is 2. The van der Waals surface area contributed by atoms with Gasteiger partial charge in [-0.1, -0.05) is 103 Å². The Morgan fingerprint density at radius 2 is 0.966 bits per heavy atom. The highest BCUT2D eigenvalue weighted by atomic mass is 16.2. The van der Waals surface area contributed by atoms with E-state index in [1.807, 2.05) is 24.3 Å². The maximum absolute atomic E-state index is 9.89. The van der Waals surface area contributed by atoms with Crippen LogP contribution in [0.25, 0.3) is 43.8 Å². The van der Waals surface area contributed by atoms with Gasteiger partial charge in [0.15, 0.2) is 0 Å². The minimum absolute atomic E-state index is 0.711. The van der Waals surface area contributed by atoms with E-state index in [0.717, 1.165) is 5.56 Å². The molecule has 0 aliphatic rings. The van der Waals surface area contributed by atoms with Crippen LogP contribution in [0.5, 0.6) is 0 Å². The molecule has 0 fully saturated rings. The Kier molecular flexibility index (Phi) is 4.40. The average molecular weight is 373 g/mol. The summed E-state index contributed by atoms with van der Waals surface area (Å²) in [6.45, 7) is 0. The molecule has 29 heavy (non-hydrogen) atoms. The average Bonchev–Trinajstić information content (AvgIpc) is 2.78. The fraction of sp³-hybridized carbons (Fsp3) is 0. The van der Waals surface area contributed by atoms with E-state index in [1.54, 1.807) is 0 Å². The summed E-state index contributed by atoms with van der Waals surface area (Å²) in [6, 6.07) is 35.5. The summed E-state index contributed by atoms with van der Waals surface area (Å²) < 4.78 is 0. The zero-order chi connectivity index (χ0) is 19.8. The van der Waals surface area contributed by atoms with Gasteiger partial charge in [0.2, 0.25) is 0 Å². The van der Waals surface area contributed by atoms with Crippen LogP contribution in [0.1, 0.15) is 0 Å². The fourth-order valence-electron chi connectivity index (χ4n) is 4.23. The van der Waals surface area contributed by atoms with Crippen molar-refractivity contribution in [2.45, 2.75) is 0 Å². The van der Waals surface area contributed by atoms with Crippen LogP contribution in [0.2, 0.25) is 0 Å². The number of fused-ring (bicyclic) bond motifs is 2. The molecule has 0 spiro atoms. The zero-order valence-electron chi connectivity index (χ0n) is 15.9. The number of rotatable bonds is 3. The van der Waals surface area contributed by atoms with Gasteiger partial charge < -0.3 is 10.7 Å². The third kappa shape index (κ3) is 3.01. The van der Waals surface area contributed by atoms with Gasteiger partial charge in [0.05, 0.1) is 0 Å². The van der Waals surface area contributed by atoms with E-state index in [4.69, 9.17) is 5.64 Å². The minimum Gasteiger partial charge on any atom is -0.434 e. The van der Waals surface area contributed by atoms with Crippen LogP contribution in [0.4, 0.5) is 0 Å². The van der Waals surface area contributed by atoms with E-state index in [0.29, 0.717) is 5.46 Å². The van der Waals surface area contributed by atoms with Crippen molar-refractivity contribution < 1.29 is 5.02 Å². The highest BCUT2D eigenvalue weighted by Gasteiger charge is 2.17. The Labute approximate surface area is 170 Å². The Hall–Kier alpha value is -3.40. The molecule has 0 atom stereocenters. The standard InChI is InChI=1S/C26H20BNO/c28-27(29)20-12-8-11-19(17-20)26-23-15-6-4-13-21(23)25(18-9-2-1-3-10-18)22-14-5-7-16-24(22)26/h1-17,29H,28H2. The largest absolute Gasteiger partial charge is 0.434 e. The molecular weight excluding hydrogens is 353 g/mol. The minimum atomic E-state index is -0.990. The second kappa shape index (κ2) is 7.21. The summed E-state index contributed by atoms with van der Waals surface area (Å²) in [5.41, 5.74) is 11.1. The molecular formula is C26H20BNO. The third-order valence-electron chi connectivity index (χ3n) is 5.51. The molecule has 0 unspecified atom stereocenters. The summed E-state index contributed by atoms with van der Waals surface area (Å²) in [6.07, 6.45) is 0. The Balaban J connectivity index is 1.95. The lowest BCUT2D eigenvalue weighted by molar-refractivity contribution is 0.588. The summed E-state index contributed by atoms with van der Waals surface area (Å²) in [7, 11) is -0.990. The molecule has 3 N–H and O–H groups in total. The first-order chi connectivity index (χ1) is 14.2. The molecule has 138 valence electrons. The molecule has 3 heteroatoms. The lowest BCUT2D eigenvalue weighted by Gasteiger charge is -2.18. The van der Waals surface area contributed by atoms with Gasteiger partial charge in [-0.25, -0.2) is 0 Å². The van der Waals surface area contributed by atoms with Crippen LogP contribution >= 0.6 is 0 Å². The Morgan fingerprint density at radius 1 is 0.517 bits per heavy atom. The van der Waals surface area contributed by atoms with Gasteiger partial charge in [0.25, 0.3) is 0 Å². The monoisotopic (exact) mass is 373 g/mol. The van der Waals surface area contributed by atoms with Crippen molar-refractivity contribution in [1.82, 2.24) is 0 Å². The lowest BCUT2D eigenvalue weighted by Crippen LogP contribution is -2.39. The molecule has 0 aliphatic heterocycles. The van der Waals surface area contributed by atoms with E-state index in [-0.39, 0.29) is 0 Å². The number of nitrogens with two attached hydrogens (primary N) is 1. The molecule has 0 amide bonds. The van der Waals surface area contributed by atoms with Gasteiger partial charge in [0.1, 0.15) is 0 Å². The van der Waals surface area contributed by atoms with E-state index in [2.05, 4.69) is 78.9 Å². The first-order valence-corrected chi connectivity index (χ1v) is 9.77. The zero-order valence-corrected chi connectivity index (χ0v) is 15.9. The summed E-state index contributed by atoms with van der Waals surface area (Å²) in [5, 5.41) is 14.7. The fourth-order valence-corrected chi connectivity index (χ4v) is 4.23. The molecule has 0 heterocycles. The SMILES string of the molecule is NB(O)c1cccc(-c2c3ccccc3c(-c3ccccc3)c3ccccc23)c1. The van der Waals surface area contributed by atoms with Crippen LogP contribution < -0.4 is 11.1 Å². The lowest BCUT2D eigenvalue weighted by atomic mass is 9.74. The highest BCUT2D eigenvalue weighted by molar-refractivity contribution is 6.63. The van der Waals surface area contributed by atoms with Gasteiger partial charge in [-0.05, 0) is 49.3 Å². The Morgan fingerprint density at radius 3 is 1.48 bits per heavy atom. The summed E-state index contributed by atoms with van der Waals surface area (Å²) in [4.78, 5) is 0. The second-order valence-electron chi connectivity index (χ2n) is 7.28. The molecule has 5 aromatic rings. The maximum Gasteiger partial charge on any atom is 0.410 e. The summed E-state index contributed by atoms with van der Waals surface area (Å²) in [5.74, 6) is 0. The summed E-state index contributed by atoms with van der Waals surface area (Å²) >= 11 is 0. The van der Waals surface area contributed by atoms with Gasteiger partial charge in [-0.3, -0.25) is 0 Å². The van der Waals surface area contributed by atoms with Gasteiger partial charge in [-0.15, -0.1) is 0 Å². The Bertz CT molecular complexity index is 1270. The topological polar surface area (TPSA) is 46.2 Å². The van der Waals surface area contributed by atoms with Gasteiger partial charge >= 0.3 is 7.05 Å². The van der Waals surface area contributed by atoms with Gasteiger partial charge in [-0.2, -0.15) is 0 Å². The smallest absolute Gasteiger partial charge is 0.410 e. The predicted octanol–water partition coefficient (Wildman–Crippen LogP) is 4.97. The predicted molar refractivity (Wildman–Crippen MR) is 124 cm³/mol. The van der Waals surface area contributed by atoms with Crippen LogP contribution in [-0.4, -0.2) is 12.1 Å². The third-order valence-corrected chi connectivity index (χ3v) is 5.51. The quantitative estimate of drug-likeness (QED) is 0.346. The van der Waals surface area contributed by atoms with Crippen molar-refractivity contribution in [3.63, 3.8) is 0 Å². The van der Waals surface area contributed by atoms with E-state index >= 15 is 0 Å². The first kappa shape index (κ1) is 17.7. The molecule has 5 rings (SSSR count). The molecule has 0 saturated heterocycles. The van der Waals surface area contributed by atoms with Crippen molar-refractivity contribution in [1.29, 1.82) is 0 Å². The van der Waals surface area contributed by atoms with E-state index < -0.39 is 7.05 Å². The molecule has 0 radical (unpaired) electrons.